The number of hydrogen-bond acceptors (Lipinski definition) is 5. The summed E-state index contributed by atoms with van der Waals surface area (Å²) in [6.07, 6.45) is 7.08. The quantitative estimate of drug-likeness (QED) is 0.907. The number of anilines is 1. The van der Waals surface area contributed by atoms with E-state index in [0.717, 1.165) is 17.6 Å². The zero-order valence-corrected chi connectivity index (χ0v) is 10.9. The molecule has 0 aliphatic rings. The van der Waals surface area contributed by atoms with Crippen LogP contribution in [0.3, 0.4) is 0 Å². The molecular weight excluding hydrogens is 286 g/mol. The van der Waals surface area contributed by atoms with Gasteiger partial charge in [-0.3, -0.25) is 0 Å². The lowest BCUT2D eigenvalue weighted by molar-refractivity contribution is 0.394. The first-order valence-electron chi connectivity index (χ1n) is 5.05. The van der Waals surface area contributed by atoms with E-state index < -0.39 is 0 Å². The third-order valence-electron chi connectivity index (χ3n) is 2.12. The van der Waals surface area contributed by atoms with Gasteiger partial charge >= 0.3 is 0 Å². The van der Waals surface area contributed by atoms with Gasteiger partial charge in [-0.1, -0.05) is 0 Å². The molecule has 0 aliphatic carbocycles. The molecule has 2 aromatic rings. The van der Waals surface area contributed by atoms with Crippen LogP contribution in [0.15, 0.2) is 29.4 Å². The predicted molar refractivity (Wildman–Crippen MR) is 67.0 cm³/mol. The normalized spacial score (nSPS) is 10.2. The van der Waals surface area contributed by atoms with Gasteiger partial charge in [-0.25, -0.2) is 9.97 Å². The molecular formula is C10H12BrN5O. The third kappa shape index (κ3) is 3.16. The Balaban J connectivity index is 1.90. The average Bonchev–Trinajstić information content (AvgIpc) is 2.84. The second kappa shape index (κ2) is 5.62. The predicted octanol–water partition coefficient (Wildman–Crippen LogP) is 1.56. The van der Waals surface area contributed by atoms with Gasteiger partial charge in [0.15, 0.2) is 0 Å². The standard InChI is InChI=1S/C10H12BrN5O/c1-17-9-8(11)6-14-10(15-9)13-3-5-16-4-2-12-7-16/h2,4,6-7H,3,5H2,1H3,(H,13,14,15). The maximum atomic E-state index is 5.08. The van der Waals surface area contributed by atoms with Crippen molar-refractivity contribution in [2.75, 3.05) is 19.0 Å². The van der Waals surface area contributed by atoms with Crippen molar-refractivity contribution in [3.05, 3.63) is 29.4 Å². The minimum atomic E-state index is 0.519. The number of aromatic nitrogens is 4. The average molecular weight is 298 g/mol. The number of ether oxygens (including phenoxy) is 1. The molecule has 0 bridgehead atoms. The molecule has 0 atom stereocenters. The Labute approximate surface area is 107 Å². The number of imidazole rings is 1. The summed E-state index contributed by atoms with van der Waals surface area (Å²) in [6, 6.07) is 0. The van der Waals surface area contributed by atoms with Gasteiger partial charge in [0.05, 0.1) is 24.1 Å². The second-order valence-corrected chi connectivity index (χ2v) is 4.13. The molecule has 0 unspecified atom stereocenters. The van der Waals surface area contributed by atoms with Crippen LogP contribution in [0.5, 0.6) is 5.88 Å². The zero-order valence-electron chi connectivity index (χ0n) is 9.30. The van der Waals surface area contributed by atoms with Crippen molar-refractivity contribution >= 4 is 21.9 Å². The van der Waals surface area contributed by atoms with E-state index in [4.69, 9.17) is 4.74 Å². The summed E-state index contributed by atoms with van der Waals surface area (Å²) in [7, 11) is 1.57. The van der Waals surface area contributed by atoms with Crippen molar-refractivity contribution in [3.8, 4) is 5.88 Å². The molecule has 0 radical (unpaired) electrons. The van der Waals surface area contributed by atoms with Gasteiger partial charge in [-0.05, 0) is 15.9 Å². The van der Waals surface area contributed by atoms with Crippen LogP contribution in [0.4, 0.5) is 5.95 Å². The van der Waals surface area contributed by atoms with Gasteiger partial charge in [-0.15, -0.1) is 0 Å². The molecule has 2 heterocycles. The van der Waals surface area contributed by atoms with Crippen LogP contribution < -0.4 is 10.1 Å². The smallest absolute Gasteiger partial charge is 0.232 e. The SMILES string of the molecule is COc1nc(NCCn2ccnc2)ncc1Br. The highest BCUT2D eigenvalue weighted by Gasteiger charge is 2.04. The fourth-order valence-electron chi connectivity index (χ4n) is 1.30. The first kappa shape index (κ1) is 11.8. The maximum absolute atomic E-state index is 5.08. The van der Waals surface area contributed by atoms with Gasteiger partial charge in [0.25, 0.3) is 0 Å². The topological polar surface area (TPSA) is 64.9 Å². The van der Waals surface area contributed by atoms with Gasteiger partial charge in [0.2, 0.25) is 11.8 Å². The molecule has 0 aromatic carbocycles. The summed E-state index contributed by atoms with van der Waals surface area (Å²) >= 11 is 3.30. The molecule has 7 heteroatoms. The largest absolute Gasteiger partial charge is 0.480 e. The van der Waals surface area contributed by atoms with Gasteiger partial charge in [0.1, 0.15) is 0 Å². The lowest BCUT2D eigenvalue weighted by Crippen LogP contribution is -2.11. The summed E-state index contributed by atoms with van der Waals surface area (Å²) in [4.78, 5) is 12.3. The van der Waals surface area contributed by atoms with Gasteiger partial charge < -0.3 is 14.6 Å². The number of nitrogens with one attached hydrogen (secondary N) is 1. The first-order valence-corrected chi connectivity index (χ1v) is 5.85. The van der Waals surface area contributed by atoms with Crippen LogP contribution in [0, 0.1) is 0 Å². The lowest BCUT2D eigenvalue weighted by Gasteiger charge is -2.07. The third-order valence-corrected chi connectivity index (χ3v) is 2.66. The fraction of sp³-hybridized carbons (Fsp3) is 0.300. The molecule has 90 valence electrons. The number of hydrogen-bond donors (Lipinski definition) is 1. The van der Waals surface area contributed by atoms with Crippen molar-refractivity contribution in [1.29, 1.82) is 0 Å². The van der Waals surface area contributed by atoms with E-state index in [1.807, 2.05) is 10.8 Å². The van der Waals surface area contributed by atoms with E-state index in [-0.39, 0.29) is 0 Å². The van der Waals surface area contributed by atoms with E-state index >= 15 is 0 Å². The van der Waals surface area contributed by atoms with Gasteiger partial charge in [-0.2, -0.15) is 4.98 Å². The highest BCUT2D eigenvalue weighted by molar-refractivity contribution is 9.10. The zero-order chi connectivity index (χ0) is 12.1. The number of methoxy groups -OCH3 is 1. The van der Waals surface area contributed by atoms with Crippen LogP contribution in [-0.2, 0) is 6.54 Å². The first-order chi connectivity index (χ1) is 8.29. The highest BCUT2D eigenvalue weighted by Crippen LogP contribution is 2.21. The van der Waals surface area contributed by atoms with Crippen LogP contribution in [0.1, 0.15) is 0 Å². The summed E-state index contributed by atoms with van der Waals surface area (Å²) < 4.78 is 7.80. The summed E-state index contributed by atoms with van der Waals surface area (Å²) in [6.45, 7) is 1.53. The van der Waals surface area contributed by atoms with E-state index in [1.165, 1.54) is 0 Å². The Bertz CT molecular complexity index is 474. The summed E-state index contributed by atoms with van der Waals surface area (Å²) in [5.41, 5.74) is 0. The highest BCUT2D eigenvalue weighted by atomic mass is 79.9. The van der Waals surface area contributed by atoms with Crippen LogP contribution in [0.25, 0.3) is 0 Å². The second-order valence-electron chi connectivity index (χ2n) is 3.28. The van der Waals surface area contributed by atoms with Crippen LogP contribution >= 0.6 is 15.9 Å². The molecule has 0 saturated heterocycles. The Morgan fingerprint density at radius 2 is 2.41 bits per heavy atom. The van der Waals surface area contributed by atoms with E-state index in [0.29, 0.717) is 11.8 Å². The van der Waals surface area contributed by atoms with Gasteiger partial charge in [0, 0.05) is 25.5 Å². The minimum absolute atomic E-state index is 0.519. The molecule has 17 heavy (non-hydrogen) atoms. The maximum Gasteiger partial charge on any atom is 0.232 e. The molecule has 1 N–H and O–H groups in total. The minimum Gasteiger partial charge on any atom is -0.480 e. The lowest BCUT2D eigenvalue weighted by atomic mass is 10.6. The number of halogens is 1. The van der Waals surface area contributed by atoms with E-state index in [9.17, 15) is 0 Å². The van der Waals surface area contributed by atoms with E-state index in [2.05, 4.69) is 36.2 Å². The van der Waals surface area contributed by atoms with E-state index in [1.54, 1.807) is 25.8 Å². The fourth-order valence-corrected chi connectivity index (χ4v) is 1.65. The Morgan fingerprint density at radius 3 is 3.12 bits per heavy atom. The molecule has 2 rings (SSSR count). The van der Waals surface area contributed by atoms with Crippen molar-refractivity contribution in [2.45, 2.75) is 6.54 Å². The van der Waals surface area contributed by atoms with Crippen molar-refractivity contribution in [1.82, 2.24) is 19.5 Å². The molecule has 0 saturated carbocycles. The molecule has 0 amide bonds. The van der Waals surface area contributed by atoms with Crippen LogP contribution in [0.2, 0.25) is 0 Å². The number of rotatable bonds is 5. The molecule has 0 fully saturated rings. The number of nitrogens with zero attached hydrogens (tertiary/aromatic N) is 4. The Hall–Kier alpha value is -1.63. The van der Waals surface area contributed by atoms with Crippen molar-refractivity contribution in [3.63, 3.8) is 0 Å². The molecule has 0 spiro atoms. The monoisotopic (exact) mass is 297 g/mol. The summed E-state index contributed by atoms with van der Waals surface area (Å²) in [5, 5.41) is 3.11. The molecule has 0 aliphatic heterocycles. The molecule has 6 nitrogen and oxygen atoms in total. The van der Waals surface area contributed by atoms with Crippen molar-refractivity contribution in [2.24, 2.45) is 0 Å². The van der Waals surface area contributed by atoms with Crippen molar-refractivity contribution < 1.29 is 4.74 Å². The molecule has 2 aromatic heterocycles. The van der Waals surface area contributed by atoms with Crippen LogP contribution in [-0.4, -0.2) is 33.2 Å². The Morgan fingerprint density at radius 1 is 1.53 bits per heavy atom. The Kier molecular flexibility index (Phi) is 3.92. The summed E-state index contributed by atoms with van der Waals surface area (Å²) in [5.74, 6) is 1.07.